The van der Waals surface area contributed by atoms with Gasteiger partial charge in [0, 0.05) is 11.6 Å². The van der Waals surface area contributed by atoms with Gasteiger partial charge >= 0.3 is 0 Å². The zero-order chi connectivity index (χ0) is 14.8. The summed E-state index contributed by atoms with van der Waals surface area (Å²) in [6.07, 6.45) is 1.34. The number of para-hydroxylation sites is 2. The summed E-state index contributed by atoms with van der Waals surface area (Å²) < 4.78 is 26.5. The number of hydrogen-bond acceptors (Lipinski definition) is 2. The maximum absolute atomic E-state index is 13.6. The van der Waals surface area contributed by atoms with E-state index in [1.165, 1.54) is 12.1 Å². The monoisotopic (exact) mass is 281 g/mol. The number of nitriles is 1. The first-order valence-electron chi connectivity index (χ1n) is 6.19. The number of rotatable bonds is 2. The largest absolute Gasteiger partial charge is 0.337 e. The van der Waals surface area contributed by atoms with E-state index < -0.39 is 11.6 Å². The van der Waals surface area contributed by atoms with Gasteiger partial charge in [0.2, 0.25) is 0 Å². The Morgan fingerprint density at radius 2 is 2.00 bits per heavy atom. The predicted octanol–water partition coefficient (Wildman–Crippen LogP) is 3.91. The number of allylic oxidation sites excluding steroid dienone is 1. The number of nitrogens with one attached hydrogen (secondary N) is 1. The molecule has 0 spiro atoms. The molecule has 0 unspecified atom stereocenters. The van der Waals surface area contributed by atoms with Crippen LogP contribution < -0.4 is 0 Å². The Bertz CT molecular complexity index is 855. The summed E-state index contributed by atoms with van der Waals surface area (Å²) in [5.41, 5.74) is 1.81. The molecule has 3 nitrogen and oxygen atoms in total. The van der Waals surface area contributed by atoms with Crippen LogP contribution >= 0.6 is 0 Å². The van der Waals surface area contributed by atoms with Crippen molar-refractivity contribution in [2.75, 3.05) is 0 Å². The molecule has 0 amide bonds. The summed E-state index contributed by atoms with van der Waals surface area (Å²) in [4.78, 5) is 7.28. The molecule has 0 aliphatic carbocycles. The molecule has 0 aliphatic rings. The molecule has 3 rings (SSSR count). The molecular weight excluding hydrogens is 272 g/mol. The Kier molecular flexibility index (Phi) is 3.20. The second kappa shape index (κ2) is 5.17. The van der Waals surface area contributed by atoms with Gasteiger partial charge in [-0.25, -0.2) is 13.8 Å². The number of imidazole rings is 1. The van der Waals surface area contributed by atoms with Crippen molar-refractivity contribution >= 4 is 22.7 Å². The molecule has 0 saturated carbocycles. The van der Waals surface area contributed by atoms with Crippen molar-refractivity contribution in [3.63, 3.8) is 0 Å². The number of hydrogen-bond donors (Lipinski definition) is 1. The van der Waals surface area contributed by atoms with Crippen molar-refractivity contribution in [2.45, 2.75) is 0 Å². The average Bonchev–Trinajstić information content (AvgIpc) is 2.90. The molecule has 5 heteroatoms. The summed E-state index contributed by atoms with van der Waals surface area (Å²) in [6, 6.07) is 12.5. The molecule has 0 aliphatic heterocycles. The first-order valence-corrected chi connectivity index (χ1v) is 6.19. The smallest absolute Gasteiger partial charge is 0.149 e. The molecule has 1 heterocycles. The van der Waals surface area contributed by atoms with Crippen LogP contribution in [0.2, 0.25) is 0 Å². The standard InChI is InChI=1S/C16H9F2N3/c17-12-6-5-10(13(18)8-12)7-11(9-19)16-20-14-3-1-2-4-15(14)21-16/h1-8H,(H,20,21). The summed E-state index contributed by atoms with van der Waals surface area (Å²) in [5, 5.41) is 9.24. The summed E-state index contributed by atoms with van der Waals surface area (Å²) in [5.74, 6) is -1.03. The highest BCUT2D eigenvalue weighted by Crippen LogP contribution is 2.20. The average molecular weight is 281 g/mol. The van der Waals surface area contributed by atoms with E-state index in [0.29, 0.717) is 11.3 Å². The van der Waals surface area contributed by atoms with Crippen molar-refractivity contribution in [2.24, 2.45) is 0 Å². The van der Waals surface area contributed by atoms with Crippen LogP contribution in [-0.4, -0.2) is 9.97 Å². The van der Waals surface area contributed by atoms with Crippen LogP contribution in [0.3, 0.4) is 0 Å². The van der Waals surface area contributed by atoms with E-state index in [2.05, 4.69) is 9.97 Å². The molecule has 0 bridgehead atoms. The lowest BCUT2D eigenvalue weighted by atomic mass is 10.1. The van der Waals surface area contributed by atoms with Gasteiger partial charge in [-0.05, 0) is 30.3 Å². The van der Waals surface area contributed by atoms with E-state index in [9.17, 15) is 14.0 Å². The second-order valence-electron chi connectivity index (χ2n) is 4.44. The maximum Gasteiger partial charge on any atom is 0.149 e. The molecule has 0 saturated heterocycles. The van der Waals surface area contributed by atoms with Crippen LogP contribution in [0.5, 0.6) is 0 Å². The molecule has 3 aromatic rings. The van der Waals surface area contributed by atoms with E-state index in [1.54, 1.807) is 0 Å². The molecule has 0 fully saturated rings. The molecular formula is C16H9F2N3. The van der Waals surface area contributed by atoms with E-state index in [4.69, 9.17) is 0 Å². The lowest BCUT2D eigenvalue weighted by Gasteiger charge is -1.98. The van der Waals surface area contributed by atoms with Crippen LogP contribution in [0.1, 0.15) is 11.4 Å². The van der Waals surface area contributed by atoms with E-state index in [1.807, 2.05) is 30.3 Å². The quantitative estimate of drug-likeness (QED) is 0.724. The van der Waals surface area contributed by atoms with Gasteiger partial charge in [0.1, 0.15) is 23.5 Å². The fourth-order valence-corrected chi connectivity index (χ4v) is 2.01. The Morgan fingerprint density at radius 3 is 2.71 bits per heavy atom. The van der Waals surface area contributed by atoms with Crippen molar-refractivity contribution < 1.29 is 8.78 Å². The number of fused-ring (bicyclic) bond motifs is 1. The highest BCUT2D eigenvalue weighted by Gasteiger charge is 2.09. The number of nitrogens with zero attached hydrogens (tertiary/aromatic N) is 2. The van der Waals surface area contributed by atoms with E-state index >= 15 is 0 Å². The normalized spacial score (nSPS) is 11.6. The minimum absolute atomic E-state index is 0.133. The Hall–Kier alpha value is -3.00. The number of aromatic amines is 1. The van der Waals surface area contributed by atoms with Gasteiger partial charge in [-0.1, -0.05) is 12.1 Å². The Morgan fingerprint density at radius 1 is 1.19 bits per heavy atom. The fraction of sp³-hybridized carbons (Fsp3) is 0. The maximum atomic E-state index is 13.6. The van der Waals surface area contributed by atoms with E-state index in [0.717, 1.165) is 17.6 Å². The third-order valence-electron chi connectivity index (χ3n) is 3.03. The number of benzene rings is 2. The van der Waals surface area contributed by atoms with Gasteiger partial charge in [-0.3, -0.25) is 0 Å². The molecule has 1 N–H and O–H groups in total. The first kappa shape index (κ1) is 13.0. The SMILES string of the molecule is N#CC(=Cc1ccc(F)cc1F)c1nc2ccccc2[nH]1. The van der Waals surface area contributed by atoms with Crippen LogP contribution in [0, 0.1) is 23.0 Å². The fourth-order valence-electron chi connectivity index (χ4n) is 2.01. The molecule has 0 atom stereocenters. The van der Waals surface area contributed by atoms with E-state index in [-0.39, 0.29) is 11.1 Å². The summed E-state index contributed by atoms with van der Waals surface area (Å²) in [6.45, 7) is 0. The van der Waals surface area contributed by atoms with Gasteiger partial charge in [0.25, 0.3) is 0 Å². The van der Waals surface area contributed by atoms with Crippen molar-refractivity contribution in [1.29, 1.82) is 5.26 Å². The van der Waals surface area contributed by atoms with Crippen molar-refractivity contribution in [1.82, 2.24) is 9.97 Å². The van der Waals surface area contributed by atoms with Crippen LogP contribution in [0.15, 0.2) is 42.5 Å². The minimum Gasteiger partial charge on any atom is -0.337 e. The summed E-state index contributed by atoms with van der Waals surface area (Å²) in [7, 11) is 0. The summed E-state index contributed by atoms with van der Waals surface area (Å²) >= 11 is 0. The zero-order valence-electron chi connectivity index (χ0n) is 10.8. The number of halogens is 2. The number of aromatic nitrogens is 2. The van der Waals surface area contributed by atoms with Gasteiger partial charge in [0.05, 0.1) is 16.6 Å². The van der Waals surface area contributed by atoms with Gasteiger partial charge < -0.3 is 4.98 Å². The Balaban J connectivity index is 2.09. The van der Waals surface area contributed by atoms with Gasteiger partial charge in [0.15, 0.2) is 0 Å². The zero-order valence-corrected chi connectivity index (χ0v) is 10.8. The lowest BCUT2D eigenvalue weighted by molar-refractivity contribution is 0.581. The number of H-pyrrole nitrogens is 1. The predicted molar refractivity (Wildman–Crippen MR) is 75.9 cm³/mol. The third kappa shape index (κ3) is 2.51. The van der Waals surface area contributed by atoms with Crippen LogP contribution in [0.25, 0.3) is 22.7 Å². The van der Waals surface area contributed by atoms with Gasteiger partial charge in [-0.15, -0.1) is 0 Å². The van der Waals surface area contributed by atoms with Crippen molar-refractivity contribution in [3.05, 3.63) is 65.5 Å². The molecule has 0 radical (unpaired) electrons. The van der Waals surface area contributed by atoms with Crippen LogP contribution in [-0.2, 0) is 0 Å². The van der Waals surface area contributed by atoms with Gasteiger partial charge in [-0.2, -0.15) is 5.26 Å². The highest BCUT2D eigenvalue weighted by atomic mass is 19.1. The topological polar surface area (TPSA) is 52.5 Å². The Labute approximate surface area is 119 Å². The molecule has 102 valence electrons. The molecule has 1 aromatic heterocycles. The highest BCUT2D eigenvalue weighted by molar-refractivity contribution is 5.90. The minimum atomic E-state index is -0.723. The third-order valence-corrected chi connectivity index (χ3v) is 3.03. The lowest BCUT2D eigenvalue weighted by Crippen LogP contribution is -1.88. The van der Waals surface area contributed by atoms with Crippen LogP contribution in [0.4, 0.5) is 8.78 Å². The molecule has 2 aromatic carbocycles. The first-order chi connectivity index (χ1) is 10.2. The van der Waals surface area contributed by atoms with Crippen molar-refractivity contribution in [3.8, 4) is 6.07 Å². The second-order valence-corrected chi connectivity index (χ2v) is 4.44. The molecule has 21 heavy (non-hydrogen) atoms.